The van der Waals surface area contributed by atoms with E-state index in [1.54, 1.807) is 0 Å². The molecule has 156 valence electrons. The van der Waals surface area contributed by atoms with Crippen molar-refractivity contribution in [1.29, 1.82) is 0 Å². The number of carbonyl (C=O) groups is 1. The molecule has 1 aromatic heterocycles. The number of benzene rings is 3. The topological polar surface area (TPSA) is 75.0 Å². The van der Waals surface area contributed by atoms with Crippen molar-refractivity contribution >= 4 is 16.9 Å². The number of rotatable bonds is 4. The molecule has 31 heavy (non-hydrogen) atoms. The summed E-state index contributed by atoms with van der Waals surface area (Å²) in [7, 11) is 0. The van der Waals surface area contributed by atoms with Crippen LogP contribution >= 0.6 is 0 Å². The van der Waals surface area contributed by atoms with Crippen molar-refractivity contribution in [2.45, 2.75) is 25.3 Å². The largest absolute Gasteiger partial charge is 0.342 e. The maximum Gasteiger partial charge on any atom is 0.253 e. The van der Waals surface area contributed by atoms with Crippen molar-refractivity contribution in [3.05, 3.63) is 89.7 Å². The number of amides is 1. The molecule has 0 bridgehead atoms. The molecular weight excluding hydrogens is 384 g/mol. The Labute approximate surface area is 181 Å². The minimum absolute atomic E-state index is 0.0845. The Morgan fingerprint density at radius 1 is 1.03 bits per heavy atom. The second kappa shape index (κ2) is 8.36. The van der Waals surface area contributed by atoms with Gasteiger partial charge in [0.05, 0.1) is 11.0 Å². The predicted molar refractivity (Wildman–Crippen MR) is 124 cm³/mol. The summed E-state index contributed by atoms with van der Waals surface area (Å²) in [5.74, 6) is 1.30. The SMILES string of the molecule is NCc1ccc(-c2cccc(C(=O)N3CCCC(c4nc5ccccc5[nH]4)C3)c2)cc1. The number of hydrogen-bond donors (Lipinski definition) is 2. The zero-order chi connectivity index (χ0) is 21.2. The fourth-order valence-electron chi connectivity index (χ4n) is 4.40. The van der Waals surface area contributed by atoms with E-state index in [1.807, 2.05) is 65.6 Å². The molecule has 1 amide bonds. The highest BCUT2D eigenvalue weighted by Crippen LogP contribution is 2.28. The summed E-state index contributed by atoms with van der Waals surface area (Å²) in [5.41, 5.74) is 11.7. The first-order valence-corrected chi connectivity index (χ1v) is 10.8. The lowest BCUT2D eigenvalue weighted by Gasteiger charge is -2.32. The Hall–Kier alpha value is -3.44. The molecule has 2 heterocycles. The number of carbonyl (C=O) groups excluding carboxylic acids is 1. The molecule has 0 saturated carbocycles. The summed E-state index contributed by atoms with van der Waals surface area (Å²) in [6, 6.07) is 24.2. The Morgan fingerprint density at radius 3 is 2.68 bits per heavy atom. The van der Waals surface area contributed by atoms with Gasteiger partial charge in [-0.25, -0.2) is 4.98 Å². The van der Waals surface area contributed by atoms with Gasteiger partial charge in [-0.05, 0) is 53.8 Å². The molecule has 0 spiro atoms. The van der Waals surface area contributed by atoms with E-state index in [0.717, 1.165) is 58.5 Å². The van der Waals surface area contributed by atoms with Crippen LogP contribution in [0.2, 0.25) is 0 Å². The van der Waals surface area contributed by atoms with Crippen LogP contribution in [0.3, 0.4) is 0 Å². The molecule has 0 aliphatic carbocycles. The Balaban J connectivity index is 1.35. The first kappa shape index (κ1) is 19.5. The molecular formula is C26H26N4O. The zero-order valence-corrected chi connectivity index (χ0v) is 17.4. The van der Waals surface area contributed by atoms with Crippen LogP contribution in [0.5, 0.6) is 0 Å². The van der Waals surface area contributed by atoms with Crippen LogP contribution in [0.15, 0.2) is 72.8 Å². The quantitative estimate of drug-likeness (QED) is 0.512. The average molecular weight is 411 g/mol. The Morgan fingerprint density at radius 2 is 1.87 bits per heavy atom. The lowest BCUT2D eigenvalue weighted by atomic mass is 9.96. The number of nitrogens with zero attached hydrogens (tertiary/aromatic N) is 2. The fraction of sp³-hybridized carbons (Fsp3) is 0.231. The van der Waals surface area contributed by atoms with E-state index < -0.39 is 0 Å². The van der Waals surface area contributed by atoms with Gasteiger partial charge in [0.1, 0.15) is 5.82 Å². The van der Waals surface area contributed by atoms with Gasteiger partial charge in [-0.1, -0.05) is 48.5 Å². The lowest BCUT2D eigenvalue weighted by Crippen LogP contribution is -2.39. The summed E-state index contributed by atoms with van der Waals surface area (Å²) in [4.78, 5) is 23.5. The summed E-state index contributed by atoms with van der Waals surface area (Å²) in [5, 5.41) is 0. The minimum Gasteiger partial charge on any atom is -0.342 e. The molecule has 1 atom stereocenters. The molecule has 0 radical (unpaired) electrons. The van der Waals surface area contributed by atoms with Gasteiger partial charge in [-0.2, -0.15) is 0 Å². The average Bonchev–Trinajstić information content (AvgIpc) is 3.28. The van der Waals surface area contributed by atoms with Crippen LogP contribution in [-0.4, -0.2) is 33.9 Å². The number of aromatic nitrogens is 2. The van der Waals surface area contributed by atoms with E-state index in [1.165, 1.54) is 0 Å². The number of fused-ring (bicyclic) bond motifs is 1. The highest BCUT2D eigenvalue weighted by molar-refractivity contribution is 5.95. The summed E-state index contributed by atoms with van der Waals surface area (Å²) >= 11 is 0. The molecule has 1 fully saturated rings. The second-order valence-corrected chi connectivity index (χ2v) is 8.21. The molecule has 1 saturated heterocycles. The predicted octanol–water partition coefficient (Wildman–Crippen LogP) is 4.71. The van der Waals surface area contributed by atoms with E-state index in [0.29, 0.717) is 13.1 Å². The second-order valence-electron chi connectivity index (χ2n) is 8.21. The van der Waals surface area contributed by atoms with Gasteiger partial charge in [-0.3, -0.25) is 4.79 Å². The Kier molecular flexibility index (Phi) is 5.26. The van der Waals surface area contributed by atoms with E-state index in [4.69, 9.17) is 10.7 Å². The maximum absolute atomic E-state index is 13.3. The summed E-state index contributed by atoms with van der Waals surface area (Å²) in [6.45, 7) is 2.00. The van der Waals surface area contributed by atoms with Crippen LogP contribution in [-0.2, 0) is 6.54 Å². The number of nitrogens with one attached hydrogen (secondary N) is 1. The normalized spacial score (nSPS) is 16.5. The third-order valence-electron chi connectivity index (χ3n) is 6.14. The van der Waals surface area contributed by atoms with Gasteiger partial charge in [0, 0.05) is 31.1 Å². The smallest absolute Gasteiger partial charge is 0.253 e. The van der Waals surface area contributed by atoms with Crippen molar-refractivity contribution in [3.63, 3.8) is 0 Å². The lowest BCUT2D eigenvalue weighted by molar-refractivity contribution is 0.0705. The monoisotopic (exact) mass is 410 g/mol. The van der Waals surface area contributed by atoms with Gasteiger partial charge in [-0.15, -0.1) is 0 Å². The van der Waals surface area contributed by atoms with Crippen molar-refractivity contribution < 1.29 is 4.79 Å². The highest BCUT2D eigenvalue weighted by Gasteiger charge is 2.27. The van der Waals surface area contributed by atoms with Gasteiger partial charge in [0.15, 0.2) is 0 Å². The van der Waals surface area contributed by atoms with Crippen LogP contribution < -0.4 is 5.73 Å². The number of aromatic amines is 1. The van der Waals surface area contributed by atoms with Crippen LogP contribution in [0.4, 0.5) is 0 Å². The highest BCUT2D eigenvalue weighted by atomic mass is 16.2. The number of para-hydroxylation sites is 2. The first-order valence-electron chi connectivity index (χ1n) is 10.8. The third-order valence-corrected chi connectivity index (χ3v) is 6.14. The van der Waals surface area contributed by atoms with E-state index in [-0.39, 0.29) is 11.8 Å². The molecule has 3 aromatic carbocycles. The number of H-pyrrole nitrogens is 1. The first-order chi connectivity index (χ1) is 15.2. The molecule has 5 heteroatoms. The number of piperidine rings is 1. The number of hydrogen-bond acceptors (Lipinski definition) is 3. The zero-order valence-electron chi connectivity index (χ0n) is 17.4. The molecule has 5 nitrogen and oxygen atoms in total. The van der Waals surface area contributed by atoms with Crippen molar-refractivity contribution in [2.24, 2.45) is 5.73 Å². The molecule has 1 aliphatic rings. The number of likely N-dealkylation sites (tertiary alicyclic amines) is 1. The number of nitrogens with two attached hydrogens (primary N) is 1. The van der Waals surface area contributed by atoms with Crippen LogP contribution in [0, 0.1) is 0 Å². The van der Waals surface area contributed by atoms with Crippen molar-refractivity contribution in [3.8, 4) is 11.1 Å². The standard InChI is InChI=1S/C26H26N4O/c27-16-18-10-12-19(13-11-18)20-5-3-6-21(15-20)26(31)30-14-4-7-22(17-30)25-28-23-8-1-2-9-24(23)29-25/h1-3,5-6,8-13,15,22H,4,7,14,16-17,27H2,(H,28,29). The van der Waals surface area contributed by atoms with Crippen molar-refractivity contribution in [2.75, 3.05) is 13.1 Å². The molecule has 3 N–H and O–H groups in total. The van der Waals surface area contributed by atoms with Crippen LogP contribution in [0.25, 0.3) is 22.2 Å². The number of imidazole rings is 1. The van der Waals surface area contributed by atoms with Gasteiger partial charge >= 0.3 is 0 Å². The third kappa shape index (κ3) is 3.97. The minimum atomic E-state index is 0.0845. The Bertz CT molecular complexity index is 1180. The van der Waals surface area contributed by atoms with Crippen molar-refractivity contribution in [1.82, 2.24) is 14.9 Å². The fourth-order valence-corrected chi connectivity index (χ4v) is 4.40. The van der Waals surface area contributed by atoms with E-state index in [9.17, 15) is 4.79 Å². The summed E-state index contributed by atoms with van der Waals surface area (Å²) in [6.07, 6.45) is 2.02. The van der Waals surface area contributed by atoms with Gasteiger partial charge in [0.25, 0.3) is 5.91 Å². The van der Waals surface area contributed by atoms with E-state index in [2.05, 4.69) is 17.1 Å². The van der Waals surface area contributed by atoms with Gasteiger partial charge < -0.3 is 15.6 Å². The van der Waals surface area contributed by atoms with Crippen LogP contribution in [0.1, 0.15) is 40.5 Å². The molecule has 5 rings (SSSR count). The molecule has 1 aliphatic heterocycles. The maximum atomic E-state index is 13.3. The van der Waals surface area contributed by atoms with E-state index >= 15 is 0 Å². The summed E-state index contributed by atoms with van der Waals surface area (Å²) < 4.78 is 0. The van der Waals surface area contributed by atoms with Gasteiger partial charge in [0.2, 0.25) is 0 Å². The molecule has 4 aromatic rings. The molecule has 1 unspecified atom stereocenters.